The normalized spacial score (nSPS) is 10.0. The van der Waals surface area contributed by atoms with E-state index in [1.165, 1.54) is 33.5 Å². The molecule has 7 nitrogen and oxygen atoms in total. The lowest BCUT2D eigenvalue weighted by Gasteiger charge is -2.14. The molecule has 0 aromatic heterocycles. The Kier molecular flexibility index (Phi) is 6.68. The maximum atomic E-state index is 12.0. The topological polar surface area (TPSA) is 83.1 Å². The Morgan fingerprint density at radius 3 is 2.04 bits per heavy atom. The lowest BCUT2D eigenvalue weighted by molar-refractivity contribution is -0.119. The Balaban J connectivity index is 2.01. The molecule has 26 heavy (non-hydrogen) atoms. The number of halogens is 1. The average molecular weight is 380 g/mol. The fraction of sp³-hybridized carbons (Fsp3) is 0.222. The first-order valence-corrected chi connectivity index (χ1v) is 7.88. The molecule has 0 spiro atoms. The number of nitrogens with one attached hydrogen (secondary N) is 1. The molecular formula is C18H18ClNO6. The Morgan fingerprint density at radius 2 is 1.54 bits per heavy atom. The number of amides is 1. The number of rotatable bonds is 7. The van der Waals surface area contributed by atoms with E-state index in [1.807, 2.05) is 0 Å². The third kappa shape index (κ3) is 4.80. The van der Waals surface area contributed by atoms with Gasteiger partial charge in [0.25, 0.3) is 5.91 Å². The summed E-state index contributed by atoms with van der Waals surface area (Å²) in [5.41, 5.74) is 0.710. The van der Waals surface area contributed by atoms with Crippen molar-refractivity contribution < 1.29 is 28.5 Å². The minimum absolute atomic E-state index is 0.301. The third-order valence-electron chi connectivity index (χ3n) is 3.36. The molecule has 0 fully saturated rings. The number of hydrogen-bond donors (Lipinski definition) is 1. The highest BCUT2D eigenvalue weighted by Gasteiger charge is 2.15. The van der Waals surface area contributed by atoms with Crippen LogP contribution in [0.1, 0.15) is 10.4 Å². The van der Waals surface area contributed by atoms with Gasteiger partial charge >= 0.3 is 5.97 Å². The maximum Gasteiger partial charge on any atom is 0.338 e. The van der Waals surface area contributed by atoms with Crippen LogP contribution >= 0.6 is 11.6 Å². The van der Waals surface area contributed by atoms with E-state index in [4.69, 9.17) is 30.5 Å². The minimum Gasteiger partial charge on any atom is -0.493 e. The highest BCUT2D eigenvalue weighted by molar-refractivity contribution is 6.30. The molecule has 2 rings (SSSR count). The predicted octanol–water partition coefficient (Wildman–Crippen LogP) is 3.16. The molecule has 0 radical (unpaired) electrons. The lowest BCUT2D eigenvalue weighted by Crippen LogP contribution is -2.21. The van der Waals surface area contributed by atoms with Crippen molar-refractivity contribution in [1.29, 1.82) is 0 Å². The number of esters is 1. The summed E-state index contributed by atoms with van der Waals surface area (Å²) >= 11 is 5.76. The fourth-order valence-electron chi connectivity index (χ4n) is 2.15. The van der Waals surface area contributed by atoms with Crippen LogP contribution in [0.25, 0.3) is 0 Å². The number of carbonyl (C=O) groups excluding carboxylic acids is 2. The zero-order valence-corrected chi connectivity index (χ0v) is 15.3. The van der Waals surface area contributed by atoms with Gasteiger partial charge in [-0.2, -0.15) is 0 Å². The second kappa shape index (κ2) is 8.96. The summed E-state index contributed by atoms with van der Waals surface area (Å²) in [4.78, 5) is 23.9. The van der Waals surface area contributed by atoms with Gasteiger partial charge < -0.3 is 24.3 Å². The van der Waals surface area contributed by atoms with Crippen molar-refractivity contribution in [3.8, 4) is 17.2 Å². The van der Waals surface area contributed by atoms with Gasteiger partial charge in [0.1, 0.15) is 0 Å². The van der Waals surface area contributed by atoms with E-state index in [-0.39, 0.29) is 0 Å². The van der Waals surface area contributed by atoms with Crippen LogP contribution in [0.3, 0.4) is 0 Å². The zero-order chi connectivity index (χ0) is 19.1. The summed E-state index contributed by atoms with van der Waals surface area (Å²) in [7, 11) is 4.42. The SMILES string of the molecule is COc1cc(NC(=O)COC(=O)c2ccc(Cl)cc2)cc(OC)c1OC. The van der Waals surface area contributed by atoms with Crippen LogP contribution in [0.15, 0.2) is 36.4 Å². The third-order valence-corrected chi connectivity index (χ3v) is 3.61. The number of anilines is 1. The van der Waals surface area contributed by atoms with Gasteiger partial charge in [-0.1, -0.05) is 11.6 Å². The van der Waals surface area contributed by atoms with E-state index in [0.29, 0.717) is 33.5 Å². The first-order valence-electron chi connectivity index (χ1n) is 7.51. The number of carbonyl (C=O) groups is 2. The van der Waals surface area contributed by atoms with Gasteiger partial charge in [0.2, 0.25) is 5.75 Å². The van der Waals surface area contributed by atoms with Crippen molar-refractivity contribution in [2.24, 2.45) is 0 Å². The molecule has 1 amide bonds. The Morgan fingerprint density at radius 1 is 0.962 bits per heavy atom. The number of benzene rings is 2. The first-order chi connectivity index (χ1) is 12.5. The van der Waals surface area contributed by atoms with Crippen LogP contribution in [-0.2, 0) is 9.53 Å². The molecule has 0 aliphatic carbocycles. The van der Waals surface area contributed by atoms with Crippen molar-refractivity contribution in [1.82, 2.24) is 0 Å². The molecule has 0 saturated heterocycles. The summed E-state index contributed by atoms with van der Waals surface area (Å²) in [6.45, 7) is -0.446. The largest absolute Gasteiger partial charge is 0.493 e. The van der Waals surface area contributed by atoms with Gasteiger partial charge in [-0.25, -0.2) is 4.79 Å². The smallest absolute Gasteiger partial charge is 0.338 e. The van der Waals surface area contributed by atoms with E-state index >= 15 is 0 Å². The highest BCUT2D eigenvalue weighted by Crippen LogP contribution is 2.39. The van der Waals surface area contributed by atoms with Gasteiger partial charge in [0.05, 0.1) is 26.9 Å². The number of hydrogen-bond acceptors (Lipinski definition) is 6. The molecule has 2 aromatic rings. The first kappa shape index (κ1) is 19.4. The summed E-state index contributed by atoms with van der Waals surface area (Å²) in [6.07, 6.45) is 0. The molecule has 1 N–H and O–H groups in total. The standard InChI is InChI=1S/C18H18ClNO6/c1-23-14-8-13(9-15(24-2)17(14)25-3)20-16(21)10-26-18(22)11-4-6-12(19)7-5-11/h4-9H,10H2,1-3H3,(H,20,21). The molecule has 0 atom stereocenters. The van der Waals surface area contributed by atoms with Crippen molar-refractivity contribution in [3.05, 3.63) is 47.0 Å². The van der Waals surface area contributed by atoms with Gasteiger partial charge in [-0.3, -0.25) is 4.79 Å². The highest BCUT2D eigenvalue weighted by atomic mass is 35.5. The van der Waals surface area contributed by atoms with Crippen LogP contribution < -0.4 is 19.5 Å². The Labute approximate surface area is 155 Å². The van der Waals surface area contributed by atoms with Crippen molar-refractivity contribution >= 4 is 29.2 Å². The van der Waals surface area contributed by atoms with E-state index in [9.17, 15) is 9.59 Å². The summed E-state index contributed by atoms with van der Waals surface area (Å²) in [6, 6.07) is 9.30. The van der Waals surface area contributed by atoms with Gasteiger partial charge in [0, 0.05) is 22.8 Å². The van der Waals surface area contributed by atoms with Gasteiger partial charge in [-0.05, 0) is 24.3 Å². The number of methoxy groups -OCH3 is 3. The Bertz CT molecular complexity index is 766. The van der Waals surface area contributed by atoms with Crippen molar-refractivity contribution in [3.63, 3.8) is 0 Å². The molecule has 0 saturated carbocycles. The minimum atomic E-state index is -0.623. The van der Waals surface area contributed by atoms with E-state index in [1.54, 1.807) is 24.3 Å². The lowest BCUT2D eigenvalue weighted by atomic mass is 10.2. The van der Waals surface area contributed by atoms with E-state index in [0.717, 1.165) is 0 Å². The predicted molar refractivity (Wildman–Crippen MR) is 96.5 cm³/mol. The number of ether oxygens (including phenoxy) is 4. The van der Waals surface area contributed by atoms with Gasteiger partial charge in [-0.15, -0.1) is 0 Å². The van der Waals surface area contributed by atoms with E-state index in [2.05, 4.69) is 5.32 Å². The van der Waals surface area contributed by atoms with Crippen molar-refractivity contribution in [2.75, 3.05) is 33.3 Å². The Hall–Kier alpha value is -2.93. The van der Waals surface area contributed by atoms with Crippen LogP contribution in [0.5, 0.6) is 17.2 Å². The van der Waals surface area contributed by atoms with Crippen LogP contribution in [0.4, 0.5) is 5.69 Å². The maximum absolute atomic E-state index is 12.0. The van der Waals surface area contributed by atoms with Crippen LogP contribution in [0.2, 0.25) is 5.02 Å². The molecule has 2 aromatic carbocycles. The average Bonchev–Trinajstić information content (AvgIpc) is 2.65. The molecule has 0 unspecified atom stereocenters. The summed E-state index contributed by atoms with van der Waals surface area (Å²) < 4.78 is 20.6. The summed E-state index contributed by atoms with van der Waals surface area (Å²) in [5, 5.41) is 3.11. The second-order valence-corrected chi connectivity index (χ2v) is 5.48. The van der Waals surface area contributed by atoms with Crippen molar-refractivity contribution in [2.45, 2.75) is 0 Å². The molecular weight excluding hydrogens is 362 g/mol. The van der Waals surface area contributed by atoms with Crippen LogP contribution in [0, 0.1) is 0 Å². The second-order valence-electron chi connectivity index (χ2n) is 5.05. The zero-order valence-electron chi connectivity index (χ0n) is 14.5. The van der Waals surface area contributed by atoms with Crippen LogP contribution in [-0.4, -0.2) is 39.8 Å². The monoisotopic (exact) mass is 379 g/mol. The molecule has 0 aliphatic heterocycles. The quantitative estimate of drug-likeness (QED) is 0.744. The van der Waals surface area contributed by atoms with Gasteiger partial charge in [0.15, 0.2) is 18.1 Å². The summed E-state index contributed by atoms with van der Waals surface area (Å²) in [5.74, 6) is 0.0473. The molecule has 138 valence electrons. The molecule has 0 bridgehead atoms. The fourth-order valence-corrected chi connectivity index (χ4v) is 2.28. The molecule has 8 heteroatoms. The van der Waals surface area contributed by atoms with E-state index < -0.39 is 18.5 Å². The molecule has 0 aliphatic rings. The molecule has 0 heterocycles.